The highest BCUT2D eigenvalue weighted by molar-refractivity contribution is 6.32. The highest BCUT2D eigenvalue weighted by atomic mass is 35.5. The van der Waals surface area contributed by atoms with Crippen LogP contribution in [0.3, 0.4) is 0 Å². The fourth-order valence-electron chi connectivity index (χ4n) is 2.35. The maximum absolute atomic E-state index is 13.6. The lowest BCUT2D eigenvalue weighted by molar-refractivity contribution is -0.143. The fraction of sp³-hybridized carbons (Fsp3) is 0.118. The van der Waals surface area contributed by atoms with Crippen molar-refractivity contribution in [3.8, 4) is 5.82 Å². The smallest absolute Gasteiger partial charge is 0.348 e. The molecular weight excluding hydrogens is 369 g/mol. The molecule has 0 radical (unpaired) electrons. The van der Waals surface area contributed by atoms with Gasteiger partial charge in [-0.15, -0.1) is 0 Å². The van der Waals surface area contributed by atoms with Gasteiger partial charge in [0.2, 0.25) is 0 Å². The topological polar surface area (TPSA) is 59.8 Å². The Balaban J connectivity index is 1.95. The van der Waals surface area contributed by atoms with E-state index in [-0.39, 0.29) is 17.4 Å². The Hall–Kier alpha value is -2.87. The Morgan fingerprint density at radius 1 is 1.15 bits per heavy atom. The molecule has 0 aliphatic heterocycles. The van der Waals surface area contributed by atoms with E-state index < -0.39 is 23.3 Å². The van der Waals surface area contributed by atoms with Gasteiger partial charge in [-0.3, -0.25) is 4.79 Å². The van der Waals surface area contributed by atoms with Crippen LogP contribution in [-0.4, -0.2) is 20.7 Å². The van der Waals surface area contributed by atoms with Gasteiger partial charge in [-0.2, -0.15) is 18.3 Å². The van der Waals surface area contributed by atoms with Gasteiger partial charge < -0.3 is 5.32 Å². The largest absolute Gasteiger partial charge is 0.434 e. The van der Waals surface area contributed by atoms with Crippen molar-refractivity contribution in [3.63, 3.8) is 0 Å². The second kappa shape index (κ2) is 7.17. The zero-order valence-electron chi connectivity index (χ0n) is 13.2. The molecule has 0 bridgehead atoms. The van der Waals surface area contributed by atoms with E-state index in [0.717, 1.165) is 11.8 Å². The first kappa shape index (κ1) is 17.9. The van der Waals surface area contributed by atoms with Crippen molar-refractivity contribution in [3.05, 3.63) is 76.7 Å². The first-order chi connectivity index (χ1) is 12.4. The average molecular weight is 381 g/mol. The van der Waals surface area contributed by atoms with E-state index in [0.29, 0.717) is 4.68 Å². The number of carbonyl (C=O) groups is 1. The zero-order chi connectivity index (χ0) is 18.7. The van der Waals surface area contributed by atoms with E-state index in [1.54, 1.807) is 30.3 Å². The predicted molar refractivity (Wildman–Crippen MR) is 89.0 cm³/mol. The van der Waals surface area contributed by atoms with Crippen LogP contribution in [0.25, 0.3) is 5.82 Å². The summed E-state index contributed by atoms with van der Waals surface area (Å²) >= 11 is 5.92. The summed E-state index contributed by atoms with van der Waals surface area (Å²) in [5, 5.41) is 6.12. The minimum absolute atomic E-state index is 0.0163. The van der Waals surface area contributed by atoms with Crippen molar-refractivity contribution in [2.24, 2.45) is 0 Å². The SMILES string of the molecule is O=C(NCc1ccccc1)c1cnn(-c2ncccc2Cl)c1C(F)(F)F. The summed E-state index contributed by atoms with van der Waals surface area (Å²) in [6, 6.07) is 11.7. The summed E-state index contributed by atoms with van der Waals surface area (Å²) in [5.74, 6) is -1.09. The Kier molecular flexibility index (Phi) is 4.94. The predicted octanol–water partition coefficient (Wildman–Crippen LogP) is 3.87. The molecule has 5 nitrogen and oxygen atoms in total. The van der Waals surface area contributed by atoms with Crippen molar-refractivity contribution >= 4 is 17.5 Å². The third-order valence-corrected chi connectivity index (χ3v) is 3.81. The van der Waals surface area contributed by atoms with Gasteiger partial charge in [0.15, 0.2) is 11.5 Å². The number of benzene rings is 1. The van der Waals surface area contributed by atoms with Gasteiger partial charge in [0.05, 0.1) is 16.8 Å². The zero-order valence-corrected chi connectivity index (χ0v) is 13.9. The molecule has 26 heavy (non-hydrogen) atoms. The van der Waals surface area contributed by atoms with Gasteiger partial charge in [0.25, 0.3) is 5.91 Å². The summed E-state index contributed by atoms with van der Waals surface area (Å²) in [6.45, 7) is 0.0898. The molecule has 0 aliphatic carbocycles. The van der Waals surface area contributed by atoms with Crippen LogP contribution >= 0.6 is 11.6 Å². The second-order valence-electron chi connectivity index (χ2n) is 5.29. The fourth-order valence-corrected chi connectivity index (χ4v) is 2.56. The maximum Gasteiger partial charge on any atom is 0.434 e. The summed E-state index contributed by atoms with van der Waals surface area (Å²) in [4.78, 5) is 16.1. The van der Waals surface area contributed by atoms with Crippen LogP contribution in [0.2, 0.25) is 5.02 Å². The number of hydrogen-bond donors (Lipinski definition) is 1. The first-order valence-electron chi connectivity index (χ1n) is 7.46. The number of aromatic nitrogens is 3. The average Bonchev–Trinajstić information content (AvgIpc) is 3.06. The van der Waals surface area contributed by atoms with Crippen LogP contribution in [-0.2, 0) is 12.7 Å². The number of nitrogens with one attached hydrogen (secondary N) is 1. The lowest BCUT2D eigenvalue weighted by Crippen LogP contribution is -2.26. The van der Waals surface area contributed by atoms with Crippen molar-refractivity contribution < 1.29 is 18.0 Å². The quantitative estimate of drug-likeness (QED) is 0.747. The molecule has 2 heterocycles. The molecule has 1 aromatic carbocycles. The van der Waals surface area contributed by atoms with Crippen LogP contribution in [0.4, 0.5) is 13.2 Å². The number of amides is 1. The number of hydrogen-bond acceptors (Lipinski definition) is 3. The van der Waals surface area contributed by atoms with Gasteiger partial charge in [0.1, 0.15) is 0 Å². The van der Waals surface area contributed by atoms with E-state index in [9.17, 15) is 18.0 Å². The normalized spacial score (nSPS) is 11.4. The molecule has 134 valence electrons. The van der Waals surface area contributed by atoms with Crippen LogP contribution in [0.1, 0.15) is 21.6 Å². The van der Waals surface area contributed by atoms with Crippen molar-refractivity contribution in [2.45, 2.75) is 12.7 Å². The Morgan fingerprint density at radius 2 is 1.88 bits per heavy atom. The molecule has 0 atom stereocenters. The molecule has 0 saturated heterocycles. The number of pyridine rings is 1. The van der Waals surface area contributed by atoms with E-state index in [2.05, 4.69) is 15.4 Å². The van der Waals surface area contributed by atoms with E-state index in [1.165, 1.54) is 18.3 Å². The van der Waals surface area contributed by atoms with Crippen LogP contribution in [0.15, 0.2) is 54.9 Å². The molecule has 1 amide bonds. The lowest BCUT2D eigenvalue weighted by atomic mass is 10.2. The Morgan fingerprint density at radius 3 is 2.54 bits per heavy atom. The summed E-state index contributed by atoms with van der Waals surface area (Å²) < 4.78 is 41.2. The monoisotopic (exact) mass is 380 g/mol. The number of nitrogens with zero attached hydrogens (tertiary/aromatic N) is 3. The molecule has 0 spiro atoms. The summed E-state index contributed by atoms with van der Waals surface area (Å²) in [7, 11) is 0. The van der Waals surface area contributed by atoms with Crippen molar-refractivity contribution in [1.82, 2.24) is 20.1 Å². The summed E-state index contributed by atoms with van der Waals surface area (Å²) in [5.41, 5.74) is -1.08. The molecule has 0 saturated carbocycles. The van der Waals surface area contributed by atoms with E-state index in [4.69, 9.17) is 11.6 Å². The molecule has 9 heteroatoms. The summed E-state index contributed by atoms with van der Waals surface area (Å²) in [6.07, 6.45) is -2.68. The number of carbonyl (C=O) groups excluding carboxylic acids is 1. The van der Waals surface area contributed by atoms with Crippen molar-refractivity contribution in [1.29, 1.82) is 0 Å². The minimum Gasteiger partial charge on any atom is -0.348 e. The van der Waals surface area contributed by atoms with Crippen LogP contribution in [0.5, 0.6) is 0 Å². The van der Waals surface area contributed by atoms with Gasteiger partial charge in [0, 0.05) is 12.7 Å². The van der Waals surface area contributed by atoms with E-state index >= 15 is 0 Å². The van der Waals surface area contributed by atoms with Gasteiger partial charge in [-0.25, -0.2) is 9.67 Å². The standard InChI is InChI=1S/C17H12ClF3N4O/c18-13-7-4-8-22-15(13)25-14(17(19,20)21)12(10-24-25)16(26)23-9-11-5-2-1-3-6-11/h1-8,10H,9H2,(H,23,26). The number of alkyl halides is 3. The van der Waals surface area contributed by atoms with Crippen molar-refractivity contribution in [2.75, 3.05) is 0 Å². The Bertz CT molecular complexity index is 925. The number of halogens is 4. The first-order valence-corrected chi connectivity index (χ1v) is 7.84. The molecule has 3 rings (SSSR count). The van der Waals surface area contributed by atoms with Gasteiger partial charge in [-0.1, -0.05) is 41.9 Å². The molecular formula is C17H12ClF3N4O. The van der Waals surface area contributed by atoms with Gasteiger partial charge >= 0.3 is 6.18 Å². The van der Waals surface area contributed by atoms with Crippen LogP contribution < -0.4 is 5.32 Å². The molecule has 0 unspecified atom stereocenters. The molecule has 0 fully saturated rings. The van der Waals surface area contributed by atoms with Gasteiger partial charge in [-0.05, 0) is 17.7 Å². The third-order valence-electron chi connectivity index (χ3n) is 3.52. The highest BCUT2D eigenvalue weighted by Crippen LogP contribution is 2.34. The maximum atomic E-state index is 13.6. The molecule has 3 aromatic rings. The minimum atomic E-state index is -4.82. The Labute approximate surface area is 151 Å². The number of rotatable bonds is 4. The second-order valence-corrected chi connectivity index (χ2v) is 5.70. The third kappa shape index (κ3) is 3.70. The molecule has 0 aliphatic rings. The van der Waals surface area contributed by atoms with Crippen LogP contribution in [0, 0.1) is 0 Å². The molecule has 2 aromatic heterocycles. The lowest BCUT2D eigenvalue weighted by Gasteiger charge is -2.13. The highest BCUT2D eigenvalue weighted by Gasteiger charge is 2.41. The van der Waals surface area contributed by atoms with E-state index in [1.807, 2.05) is 0 Å². The molecule has 1 N–H and O–H groups in total.